The number of carbonyl (C=O) groups excluding carboxylic acids is 1. The second-order valence-electron chi connectivity index (χ2n) is 6.03. The summed E-state index contributed by atoms with van der Waals surface area (Å²) in [5.41, 5.74) is -0.215. The van der Waals surface area contributed by atoms with Gasteiger partial charge in [0.2, 0.25) is 5.91 Å². The molecule has 1 heterocycles. The minimum Gasteiger partial charge on any atom is -0.481 e. The first-order chi connectivity index (χ1) is 8.76. The summed E-state index contributed by atoms with van der Waals surface area (Å²) in [4.78, 5) is 25.1. The Hall–Kier alpha value is -1.10. The van der Waals surface area contributed by atoms with Gasteiger partial charge in [0.15, 0.2) is 0 Å². The molecule has 0 spiro atoms. The third-order valence-corrected chi connectivity index (χ3v) is 4.06. The van der Waals surface area contributed by atoms with Crippen LogP contribution in [-0.2, 0) is 9.59 Å². The number of likely N-dealkylation sites (tertiary alicyclic amines) is 1. The number of hydrogen-bond acceptors (Lipinski definition) is 3. The molecule has 0 aliphatic carbocycles. The highest BCUT2D eigenvalue weighted by atomic mass is 16.4. The van der Waals surface area contributed by atoms with Gasteiger partial charge in [-0.3, -0.25) is 14.5 Å². The molecule has 1 saturated heterocycles. The van der Waals surface area contributed by atoms with Crippen LogP contribution in [0.2, 0.25) is 0 Å². The first-order valence-electron chi connectivity index (χ1n) is 7.06. The van der Waals surface area contributed by atoms with Crippen molar-refractivity contribution in [2.24, 2.45) is 0 Å². The van der Waals surface area contributed by atoms with Gasteiger partial charge in [-0.15, -0.1) is 0 Å². The van der Waals surface area contributed by atoms with E-state index >= 15 is 0 Å². The maximum atomic E-state index is 12.2. The van der Waals surface area contributed by atoms with Gasteiger partial charge in [-0.1, -0.05) is 6.92 Å². The number of nitrogens with one attached hydrogen (secondary N) is 1. The number of rotatable bonds is 6. The van der Waals surface area contributed by atoms with Crippen LogP contribution in [0.5, 0.6) is 0 Å². The molecule has 2 atom stereocenters. The van der Waals surface area contributed by atoms with Gasteiger partial charge >= 0.3 is 5.97 Å². The molecule has 19 heavy (non-hydrogen) atoms. The molecular weight excluding hydrogens is 244 g/mol. The molecular formula is C14H26N2O3. The van der Waals surface area contributed by atoms with Crippen molar-refractivity contribution in [1.82, 2.24) is 10.2 Å². The topological polar surface area (TPSA) is 69.6 Å². The van der Waals surface area contributed by atoms with Gasteiger partial charge in [-0.2, -0.15) is 0 Å². The summed E-state index contributed by atoms with van der Waals surface area (Å²) in [6.45, 7) is 8.70. The van der Waals surface area contributed by atoms with Crippen LogP contribution >= 0.6 is 0 Å². The van der Waals surface area contributed by atoms with Crippen molar-refractivity contribution in [3.8, 4) is 0 Å². The monoisotopic (exact) mass is 270 g/mol. The van der Waals surface area contributed by atoms with Gasteiger partial charge < -0.3 is 10.4 Å². The van der Waals surface area contributed by atoms with Crippen LogP contribution < -0.4 is 5.32 Å². The Morgan fingerprint density at radius 3 is 2.63 bits per heavy atom. The third kappa shape index (κ3) is 4.49. The Morgan fingerprint density at radius 1 is 1.47 bits per heavy atom. The van der Waals surface area contributed by atoms with Crippen molar-refractivity contribution < 1.29 is 14.7 Å². The molecule has 0 bridgehead atoms. The van der Waals surface area contributed by atoms with Gasteiger partial charge in [0.1, 0.15) is 0 Å². The molecule has 0 aromatic rings. The highest BCUT2D eigenvalue weighted by molar-refractivity contribution is 5.82. The lowest BCUT2D eigenvalue weighted by molar-refractivity contribution is -0.139. The predicted octanol–water partition coefficient (Wildman–Crippen LogP) is 1.62. The van der Waals surface area contributed by atoms with Crippen molar-refractivity contribution in [3.05, 3.63) is 0 Å². The van der Waals surface area contributed by atoms with E-state index in [1.165, 1.54) is 0 Å². The molecule has 1 amide bonds. The number of hydrogen-bond donors (Lipinski definition) is 2. The molecule has 5 nitrogen and oxygen atoms in total. The van der Waals surface area contributed by atoms with E-state index in [0.29, 0.717) is 0 Å². The van der Waals surface area contributed by atoms with E-state index < -0.39 is 5.97 Å². The number of nitrogens with zero attached hydrogens (tertiary/aromatic N) is 1. The molecule has 1 aliphatic heterocycles. The first kappa shape index (κ1) is 16.0. The Labute approximate surface area is 115 Å². The average molecular weight is 270 g/mol. The van der Waals surface area contributed by atoms with E-state index in [0.717, 1.165) is 25.8 Å². The van der Waals surface area contributed by atoms with Crippen LogP contribution in [-0.4, -0.2) is 46.1 Å². The van der Waals surface area contributed by atoms with Gasteiger partial charge in [0, 0.05) is 11.6 Å². The number of carbonyl (C=O) groups is 2. The molecule has 1 aliphatic rings. The normalized spacial score (nSPS) is 22.2. The number of amides is 1. The second kappa shape index (κ2) is 6.37. The van der Waals surface area contributed by atoms with Gasteiger partial charge in [-0.25, -0.2) is 0 Å². The summed E-state index contributed by atoms with van der Waals surface area (Å²) < 4.78 is 0. The highest BCUT2D eigenvalue weighted by Crippen LogP contribution is 2.23. The zero-order chi connectivity index (χ0) is 14.6. The second-order valence-corrected chi connectivity index (χ2v) is 6.03. The van der Waals surface area contributed by atoms with Crippen molar-refractivity contribution in [1.29, 1.82) is 0 Å². The lowest BCUT2D eigenvalue weighted by Gasteiger charge is -2.32. The van der Waals surface area contributed by atoms with Crippen LogP contribution in [0.25, 0.3) is 0 Å². The zero-order valence-electron chi connectivity index (χ0n) is 12.4. The molecule has 0 radical (unpaired) electrons. The first-order valence-corrected chi connectivity index (χ1v) is 7.06. The maximum Gasteiger partial charge on any atom is 0.304 e. The van der Waals surface area contributed by atoms with Crippen LogP contribution in [0.4, 0.5) is 0 Å². The largest absolute Gasteiger partial charge is 0.481 e. The summed E-state index contributed by atoms with van der Waals surface area (Å²) in [5.74, 6) is -0.803. The summed E-state index contributed by atoms with van der Waals surface area (Å²) in [7, 11) is 0. The van der Waals surface area contributed by atoms with E-state index in [1.54, 1.807) is 0 Å². The van der Waals surface area contributed by atoms with Gasteiger partial charge in [-0.05, 0) is 46.6 Å². The summed E-state index contributed by atoms with van der Waals surface area (Å²) in [5, 5.41) is 11.9. The SMILES string of the molecule is CCC(C)(C)NC(=O)C(C)N1CCCC1CC(=O)O. The minimum atomic E-state index is -0.793. The maximum absolute atomic E-state index is 12.2. The Balaban J connectivity index is 2.63. The van der Waals surface area contributed by atoms with Crippen molar-refractivity contribution in [2.45, 2.75) is 71.0 Å². The lowest BCUT2D eigenvalue weighted by Crippen LogP contribution is -2.53. The standard InChI is InChI=1S/C14H26N2O3/c1-5-14(3,4)15-13(19)10(2)16-8-6-7-11(16)9-12(17)18/h10-11H,5-9H2,1-4H3,(H,15,19)(H,17,18). The van der Waals surface area contributed by atoms with Crippen LogP contribution in [0, 0.1) is 0 Å². The molecule has 0 aromatic heterocycles. The number of carboxylic acids is 1. The fourth-order valence-corrected chi connectivity index (χ4v) is 2.47. The lowest BCUT2D eigenvalue weighted by atomic mass is 10.0. The summed E-state index contributed by atoms with van der Waals surface area (Å²) in [6, 6.07) is -0.277. The van der Waals surface area contributed by atoms with E-state index in [4.69, 9.17) is 5.11 Å². The van der Waals surface area contributed by atoms with Gasteiger partial charge in [0.25, 0.3) is 0 Å². The van der Waals surface area contributed by atoms with Crippen molar-refractivity contribution in [2.75, 3.05) is 6.54 Å². The van der Waals surface area contributed by atoms with E-state index in [9.17, 15) is 9.59 Å². The Kier molecular flexibility index (Phi) is 5.35. The van der Waals surface area contributed by atoms with Crippen LogP contribution in [0.3, 0.4) is 0 Å². The third-order valence-electron chi connectivity index (χ3n) is 4.06. The fraction of sp³-hybridized carbons (Fsp3) is 0.857. The molecule has 2 unspecified atom stereocenters. The van der Waals surface area contributed by atoms with E-state index in [2.05, 4.69) is 5.32 Å². The zero-order valence-corrected chi connectivity index (χ0v) is 12.4. The van der Waals surface area contributed by atoms with Gasteiger partial charge in [0.05, 0.1) is 12.5 Å². The average Bonchev–Trinajstić information content (AvgIpc) is 2.74. The minimum absolute atomic E-state index is 0.0101. The smallest absolute Gasteiger partial charge is 0.304 e. The molecule has 1 rings (SSSR count). The molecule has 110 valence electrons. The number of carboxylic acid groups (broad SMARTS) is 1. The molecule has 0 aromatic carbocycles. The quantitative estimate of drug-likeness (QED) is 0.769. The molecule has 1 fully saturated rings. The van der Waals surface area contributed by atoms with Crippen molar-refractivity contribution >= 4 is 11.9 Å². The highest BCUT2D eigenvalue weighted by Gasteiger charge is 2.34. The van der Waals surface area contributed by atoms with Crippen LogP contribution in [0.1, 0.15) is 53.4 Å². The Morgan fingerprint density at radius 2 is 2.11 bits per heavy atom. The number of aliphatic carboxylic acids is 1. The predicted molar refractivity (Wildman–Crippen MR) is 74.0 cm³/mol. The molecule has 5 heteroatoms. The Bertz CT molecular complexity index is 342. The molecule has 2 N–H and O–H groups in total. The van der Waals surface area contributed by atoms with Crippen LogP contribution in [0.15, 0.2) is 0 Å². The van der Waals surface area contributed by atoms with E-state index in [-0.39, 0.29) is 30.0 Å². The summed E-state index contributed by atoms with van der Waals surface area (Å²) >= 11 is 0. The van der Waals surface area contributed by atoms with E-state index in [1.807, 2.05) is 32.6 Å². The van der Waals surface area contributed by atoms with Crippen molar-refractivity contribution in [3.63, 3.8) is 0 Å². The molecule has 0 saturated carbocycles. The fourth-order valence-electron chi connectivity index (χ4n) is 2.47. The summed E-state index contributed by atoms with van der Waals surface area (Å²) in [6.07, 6.45) is 2.81.